The number of ether oxygens (including phenoxy) is 2. The molecule has 23 heavy (non-hydrogen) atoms. The summed E-state index contributed by atoms with van der Waals surface area (Å²) in [6, 6.07) is 8.52. The van der Waals surface area contributed by atoms with Gasteiger partial charge in [-0.05, 0) is 30.7 Å². The molecule has 0 saturated carbocycles. The van der Waals surface area contributed by atoms with Gasteiger partial charge in [0.15, 0.2) is 5.76 Å². The normalized spacial score (nSPS) is 10.1. The fourth-order valence-electron chi connectivity index (χ4n) is 1.69. The second kappa shape index (κ2) is 7.21. The molecule has 2 rings (SSSR count). The van der Waals surface area contributed by atoms with Crippen LogP contribution in [0, 0.1) is 10.1 Å². The van der Waals surface area contributed by atoms with Crippen LogP contribution in [0.15, 0.2) is 40.8 Å². The average molecular weight is 319 g/mol. The third-order valence-corrected chi connectivity index (χ3v) is 2.79. The van der Waals surface area contributed by atoms with Crippen molar-refractivity contribution in [3.63, 3.8) is 0 Å². The molecule has 0 spiro atoms. The van der Waals surface area contributed by atoms with Gasteiger partial charge >= 0.3 is 11.8 Å². The number of benzene rings is 1. The third-order valence-electron chi connectivity index (χ3n) is 2.79. The van der Waals surface area contributed by atoms with Crippen molar-refractivity contribution in [2.45, 2.75) is 13.5 Å². The first-order chi connectivity index (χ1) is 11.0. The van der Waals surface area contributed by atoms with Crippen molar-refractivity contribution < 1.29 is 28.4 Å². The summed E-state index contributed by atoms with van der Waals surface area (Å²) >= 11 is 0. The van der Waals surface area contributed by atoms with Crippen molar-refractivity contribution in [3.8, 4) is 5.95 Å². The third kappa shape index (κ3) is 4.16. The van der Waals surface area contributed by atoms with Crippen LogP contribution in [0.3, 0.4) is 0 Å². The van der Waals surface area contributed by atoms with E-state index < -0.39 is 16.7 Å². The molecule has 1 aromatic carbocycles. The standard InChI is InChI=1S/C15H13NO7/c1-2-21-15(18)14(17)12-7-8-13(23-12)22-9-10-3-5-11(6-4-10)16(19)20/h3-8H,2,9H2,1H3. The Hall–Kier alpha value is -3.16. The number of non-ortho nitro benzene ring substituents is 1. The zero-order chi connectivity index (χ0) is 16.8. The molecule has 1 heterocycles. The summed E-state index contributed by atoms with van der Waals surface area (Å²) in [5.41, 5.74) is 0.666. The largest absolute Gasteiger partial charge is 0.460 e. The van der Waals surface area contributed by atoms with Gasteiger partial charge in [0.2, 0.25) is 0 Å². The number of hydrogen-bond acceptors (Lipinski definition) is 7. The number of Topliss-reactive ketones (excluding diaryl/α,β-unsaturated/α-hetero) is 1. The van der Waals surface area contributed by atoms with Crippen LogP contribution in [-0.4, -0.2) is 23.3 Å². The predicted molar refractivity (Wildman–Crippen MR) is 77.1 cm³/mol. The molecule has 0 amide bonds. The van der Waals surface area contributed by atoms with Gasteiger partial charge in [0, 0.05) is 18.2 Å². The van der Waals surface area contributed by atoms with Gasteiger partial charge in [0.25, 0.3) is 11.6 Å². The Labute approximate surface area is 130 Å². The molecule has 8 heteroatoms. The van der Waals surface area contributed by atoms with Gasteiger partial charge in [0.1, 0.15) is 6.61 Å². The van der Waals surface area contributed by atoms with Gasteiger partial charge in [-0.15, -0.1) is 0 Å². The summed E-state index contributed by atoms with van der Waals surface area (Å²) in [5, 5.41) is 10.5. The lowest BCUT2D eigenvalue weighted by Crippen LogP contribution is -2.16. The number of nitrogens with zero attached hydrogens (tertiary/aromatic N) is 1. The first-order valence-electron chi connectivity index (χ1n) is 6.68. The minimum Gasteiger partial charge on any atom is -0.460 e. The number of rotatable bonds is 7. The van der Waals surface area contributed by atoms with Crippen molar-refractivity contribution in [2.75, 3.05) is 6.61 Å². The number of nitro benzene ring substituents is 1. The van der Waals surface area contributed by atoms with E-state index >= 15 is 0 Å². The molecule has 0 aliphatic heterocycles. The van der Waals surface area contributed by atoms with Crippen LogP contribution in [0.5, 0.6) is 5.95 Å². The highest BCUT2D eigenvalue weighted by molar-refractivity contribution is 6.39. The summed E-state index contributed by atoms with van der Waals surface area (Å²) < 4.78 is 15.0. The van der Waals surface area contributed by atoms with Crippen molar-refractivity contribution in [2.24, 2.45) is 0 Å². The number of esters is 1. The fraction of sp³-hybridized carbons (Fsp3) is 0.200. The van der Waals surface area contributed by atoms with Crippen LogP contribution in [0.2, 0.25) is 0 Å². The topological polar surface area (TPSA) is 109 Å². The molecule has 0 unspecified atom stereocenters. The number of carbonyl (C=O) groups excluding carboxylic acids is 2. The lowest BCUT2D eigenvalue weighted by atomic mass is 10.2. The Balaban J connectivity index is 1.95. The van der Waals surface area contributed by atoms with Crippen molar-refractivity contribution in [1.29, 1.82) is 0 Å². The van der Waals surface area contributed by atoms with E-state index in [-0.39, 0.29) is 30.6 Å². The number of hydrogen-bond donors (Lipinski definition) is 0. The molecule has 1 aromatic heterocycles. The summed E-state index contributed by atoms with van der Waals surface area (Å²) in [5.74, 6) is -2.01. The fourth-order valence-corrected chi connectivity index (χ4v) is 1.69. The van der Waals surface area contributed by atoms with E-state index in [4.69, 9.17) is 9.15 Å². The Bertz CT molecular complexity index is 718. The zero-order valence-corrected chi connectivity index (χ0v) is 12.2. The molecule has 0 atom stereocenters. The molecular weight excluding hydrogens is 306 g/mol. The maximum absolute atomic E-state index is 11.6. The quantitative estimate of drug-likeness (QED) is 0.253. The first kappa shape index (κ1) is 16.2. The van der Waals surface area contributed by atoms with Crippen LogP contribution in [0.1, 0.15) is 23.0 Å². The molecule has 0 fully saturated rings. The van der Waals surface area contributed by atoms with E-state index in [1.54, 1.807) is 19.1 Å². The monoisotopic (exact) mass is 319 g/mol. The number of nitro groups is 1. The maximum Gasteiger partial charge on any atom is 0.383 e. The van der Waals surface area contributed by atoms with Crippen molar-refractivity contribution in [3.05, 3.63) is 57.8 Å². The lowest BCUT2D eigenvalue weighted by Gasteiger charge is -2.02. The Morgan fingerprint density at radius 2 is 1.87 bits per heavy atom. The van der Waals surface area contributed by atoms with Crippen LogP contribution in [0.4, 0.5) is 5.69 Å². The summed E-state index contributed by atoms with van der Waals surface area (Å²) in [4.78, 5) is 33.0. The highest BCUT2D eigenvalue weighted by Crippen LogP contribution is 2.19. The van der Waals surface area contributed by atoms with Crippen LogP contribution >= 0.6 is 0 Å². The predicted octanol–water partition coefficient (Wildman–Crippen LogP) is 2.51. The SMILES string of the molecule is CCOC(=O)C(=O)c1ccc(OCc2ccc([N+](=O)[O-])cc2)o1. The second-order valence-corrected chi connectivity index (χ2v) is 4.38. The number of ketones is 1. The molecule has 0 aliphatic rings. The Morgan fingerprint density at radius 3 is 2.48 bits per heavy atom. The van der Waals surface area contributed by atoms with Crippen LogP contribution < -0.4 is 4.74 Å². The van der Waals surface area contributed by atoms with Crippen LogP contribution in [0.25, 0.3) is 0 Å². The average Bonchev–Trinajstić information content (AvgIpc) is 3.01. The van der Waals surface area contributed by atoms with Gasteiger partial charge in [-0.25, -0.2) is 4.79 Å². The van der Waals surface area contributed by atoms with E-state index in [1.807, 2.05) is 0 Å². The number of furan rings is 1. The Kier molecular flexibility index (Phi) is 5.08. The summed E-state index contributed by atoms with van der Waals surface area (Å²) in [7, 11) is 0. The van der Waals surface area contributed by atoms with Crippen molar-refractivity contribution >= 4 is 17.4 Å². The van der Waals surface area contributed by atoms with E-state index in [1.165, 1.54) is 24.3 Å². The van der Waals surface area contributed by atoms with Crippen molar-refractivity contribution in [1.82, 2.24) is 0 Å². The Morgan fingerprint density at radius 1 is 1.17 bits per heavy atom. The highest BCUT2D eigenvalue weighted by atomic mass is 16.6. The molecule has 120 valence electrons. The molecule has 8 nitrogen and oxygen atoms in total. The maximum atomic E-state index is 11.6. The molecule has 0 bridgehead atoms. The van der Waals surface area contributed by atoms with E-state index in [0.717, 1.165) is 0 Å². The van der Waals surface area contributed by atoms with Gasteiger partial charge in [-0.2, -0.15) is 0 Å². The number of carbonyl (C=O) groups is 2. The molecule has 0 aliphatic carbocycles. The molecular formula is C15H13NO7. The molecule has 2 aromatic rings. The van der Waals surface area contributed by atoms with E-state index in [9.17, 15) is 19.7 Å². The highest BCUT2D eigenvalue weighted by Gasteiger charge is 2.21. The molecule has 0 saturated heterocycles. The second-order valence-electron chi connectivity index (χ2n) is 4.38. The van der Waals surface area contributed by atoms with Gasteiger partial charge in [0.05, 0.1) is 11.5 Å². The lowest BCUT2D eigenvalue weighted by molar-refractivity contribution is -0.384. The first-order valence-corrected chi connectivity index (χ1v) is 6.68. The van der Waals surface area contributed by atoms with E-state index in [2.05, 4.69) is 4.74 Å². The summed E-state index contributed by atoms with van der Waals surface area (Å²) in [6.07, 6.45) is 0. The summed E-state index contributed by atoms with van der Waals surface area (Å²) in [6.45, 7) is 1.78. The zero-order valence-electron chi connectivity index (χ0n) is 12.2. The smallest absolute Gasteiger partial charge is 0.383 e. The van der Waals surface area contributed by atoms with Gasteiger partial charge < -0.3 is 13.9 Å². The minimum atomic E-state index is -0.997. The van der Waals surface area contributed by atoms with E-state index in [0.29, 0.717) is 5.56 Å². The van der Waals surface area contributed by atoms with Gasteiger partial charge in [-0.1, -0.05) is 0 Å². The minimum absolute atomic E-state index is 0.0194. The molecule has 0 radical (unpaired) electrons. The van der Waals surface area contributed by atoms with Gasteiger partial charge in [-0.3, -0.25) is 14.9 Å². The molecule has 0 N–H and O–H groups in total. The van der Waals surface area contributed by atoms with Crippen LogP contribution in [-0.2, 0) is 16.1 Å².